The van der Waals surface area contributed by atoms with Gasteiger partial charge in [-0.3, -0.25) is 4.79 Å². The van der Waals surface area contributed by atoms with E-state index in [0.29, 0.717) is 28.8 Å². The van der Waals surface area contributed by atoms with Crippen molar-refractivity contribution in [1.29, 1.82) is 0 Å². The Balaban J connectivity index is 2.84. The van der Waals surface area contributed by atoms with Gasteiger partial charge in [0.15, 0.2) is 6.29 Å². The molecule has 0 radical (unpaired) electrons. The number of ether oxygens (including phenoxy) is 2. The van der Waals surface area contributed by atoms with Crippen molar-refractivity contribution < 1.29 is 18.7 Å². The van der Waals surface area contributed by atoms with Crippen LogP contribution in [0.3, 0.4) is 0 Å². The molecule has 0 saturated carbocycles. The lowest BCUT2D eigenvalue weighted by atomic mass is 10.1. The fraction of sp³-hybridized carbons (Fsp3) is 0.182. The Labute approximate surface area is 96.7 Å². The number of fused-ring (bicyclic) bond motifs is 1. The monoisotopic (exact) mass is 240 g/mol. The molecule has 0 amide bonds. The van der Waals surface area contributed by atoms with Crippen molar-refractivity contribution in [2.45, 2.75) is 0 Å². The first-order valence-electron chi connectivity index (χ1n) is 4.50. The summed E-state index contributed by atoms with van der Waals surface area (Å²) in [7, 11) is 3.04. The lowest BCUT2D eigenvalue weighted by Crippen LogP contribution is -1.89. The predicted octanol–water partition coefficient (Wildman–Crippen LogP) is 2.92. The summed E-state index contributed by atoms with van der Waals surface area (Å²) >= 11 is 5.80. The number of hydrogen-bond acceptors (Lipinski definition) is 4. The molecule has 0 fully saturated rings. The Morgan fingerprint density at radius 1 is 1.31 bits per heavy atom. The van der Waals surface area contributed by atoms with E-state index in [1.54, 1.807) is 12.1 Å². The number of carbonyl (C=O) groups excluding carboxylic acids is 1. The van der Waals surface area contributed by atoms with Crippen molar-refractivity contribution >= 4 is 28.9 Å². The van der Waals surface area contributed by atoms with Gasteiger partial charge >= 0.3 is 0 Å². The van der Waals surface area contributed by atoms with E-state index in [-0.39, 0.29) is 10.8 Å². The molecule has 16 heavy (non-hydrogen) atoms. The van der Waals surface area contributed by atoms with Crippen LogP contribution in [-0.2, 0) is 0 Å². The maximum absolute atomic E-state index is 10.9. The van der Waals surface area contributed by atoms with Gasteiger partial charge in [0.25, 0.3) is 0 Å². The van der Waals surface area contributed by atoms with Crippen molar-refractivity contribution in [2.75, 3.05) is 14.2 Å². The van der Waals surface area contributed by atoms with E-state index in [0.717, 1.165) is 0 Å². The zero-order chi connectivity index (χ0) is 11.7. The van der Waals surface area contributed by atoms with Crippen LogP contribution in [0.2, 0.25) is 5.22 Å². The van der Waals surface area contributed by atoms with Gasteiger partial charge in [0.1, 0.15) is 17.1 Å². The van der Waals surface area contributed by atoms with Gasteiger partial charge in [-0.2, -0.15) is 0 Å². The highest BCUT2D eigenvalue weighted by molar-refractivity contribution is 6.33. The molecule has 84 valence electrons. The topological polar surface area (TPSA) is 48.7 Å². The van der Waals surface area contributed by atoms with Crippen molar-refractivity contribution in [3.05, 3.63) is 22.9 Å². The number of carbonyl (C=O) groups is 1. The van der Waals surface area contributed by atoms with Crippen LogP contribution in [0.4, 0.5) is 0 Å². The first-order chi connectivity index (χ1) is 7.71. The van der Waals surface area contributed by atoms with E-state index in [1.807, 2.05) is 0 Å². The molecule has 4 nitrogen and oxygen atoms in total. The van der Waals surface area contributed by atoms with Gasteiger partial charge in [-0.05, 0) is 11.6 Å². The van der Waals surface area contributed by atoms with E-state index in [2.05, 4.69) is 0 Å². The molecular weight excluding hydrogens is 232 g/mol. The van der Waals surface area contributed by atoms with Crippen LogP contribution in [0.15, 0.2) is 16.5 Å². The predicted molar refractivity (Wildman–Crippen MR) is 59.7 cm³/mol. The van der Waals surface area contributed by atoms with Gasteiger partial charge in [0.05, 0.1) is 25.2 Å². The highest BCUT2D eigenvalue weighted by atomic mass is 35.5. The number of methoxy groups -OCH3 is 2. The number of aldehydes is 1. The second-order valence-corrected chi connectivity index (χ2v) is 3.45. The number of rotatable bonds is 3. The molecule has 0 aliphatic carbocycles. The van der Waals surface area contributed by atoms with Crippen LogP contribution in [-0.4, -0.2) is 20.5 Å². The van der Waals surface area contributed by atoms with Crippen molar-refractivity contribution in [3.63, 3.8) is 0 Å². The molecule has 0 spiro atoms. The quantitative estimate of drug-likeness (QED) is 0.774. The van der Waals surface area contributed by atoms with Gasteiger partial charge in [-0.15, -0.1) is 0 Å². The highest BCUT2D eigenvalue weighted by Crippen LogP contribution is 2.38. The molecule has 0 saturated heterocycles. The molecule has 2 aromatic rings. The number of hydrogen-bond donors (Lipinski definition) is 0. The lowest BCUT2D eigenvalue weighted by molar-refractivity contribution is 0.112. The van der Waals surface area contributed by atoms with E-state index >= 15 is 0 Å². The summed E-state index contributed by atoms with van der Waals surface area (Å²) in [6.45, 7) is 0. The van der Waals surface area contributed by atoms with Gasteiger partial charge < -0.3 is 13.9 Å². The second-order valence-electron chi connectivity index (χ2n) is 3.11. The molecule has 1 aromatic carbocycles. The molecule has 1 heterocycles. The average molecular weight is 241 g/mol. The van der Waals surface area contributed by atoms with Crippen LogP contribution >= 0.6 is 11.6 Å². The third-order valence-corrected chi connectivity index (χ3v) is 2.57. The molecule has 0 atom stereocenters. The molecule has 0 aliphatic rings. The molecule has 0 bridgehead atoms. The van der Waals surface area contributed by atoms with E-state index in [4.69, 9.17) is 25.5 Å². The SMILES string of the molecule is COc1cc(OC)c2c(C=O)c(Cl)oc2c1. The normalized spacial score (nSPS) is 10.4. The lowest BCUT2D eigenvalue weighted by Gasteiger charge is -2.04. The van der Waals surface area contributed by atoms with Crippen LogP contribution in [0.5, 0.6) is 11.5 Å². The molecule has 0 unspecified atom stereocenters. The molecule has 0 N–H and O–H groups in total. The fourth-order valence-electron chi connectivity index (χ4n) is 1.55. The Bertz CT molecular complexity index is 544. The van der Waals surface area contributed by atoms with Gasteiger partial charge in [-0.1, -0.05) is 0 Å². The zero-order valence-corrected chi connectivity index (χ0v) is 9.50. The summed E-state index contributed by atoms with van der Waals surface area (Å²) in [6.07, 6.45) is 0.642. The van der Waals surface area contributed by atoms with Gasteiger partial charge in [-0.25, -0.2) is 0 Å². The van der Waals surface area contributed by atoms with E-state index < -0.39 is 0 Å². The van der Waals surface area contributed by atoms with Crippen molar-refractivity contribution in [1.82, 2.24) is 0 Å². The molecular formula is C11H9ClO4. The summed E-state index contributed by atoms with van der Waals surface area (Å²) in [5, 5.41) is 0.611. The largest absolute Gasteiger partial charge is 0.496 e. The number of halogens is 1. The summed E-state index contributed by atoms with van der Waals surface area (Å²) in [6, 6.07) is 3.32. The Morgan fingerprint density at radius 3 is 2.62 bits per heavy atom. The van der Waals surface area contributed by atoms with Gasteiger partial charge in [0, 0.05) is 12.1 Å². The molecule has 2 rings (SSSR count). The van der Waals surface area contributed by atoms with Crippen LogP contribution in [0.1, 0.15) is 10.4 Å². The van der Waals surface area contributed by atoms with Crippen molar-refractivity contribution in [2.24, 2.45) is 0 Å². The Morgan fingerprint density at radius 2 is 2.06 bits per heavy atom. The number of furan rings is 1. The minimum atomic E-state index is 0.0524. The maximum atomic E-state index is 10.9. The smallest absolute Gasteiger partial charge is 0.205 e. The van der Waals surface area contributed by atoms with Crippen LogP contribution in [0.25, 0.3) is 11.0 Å². The molecule has 0 aliphatic heterocycles. The zero-order valence-electron chi connectivity index (χ0n) is 8.74. The first-order valence-corrected chi connectivity index (χ1v) is 4.88. The van der Waals surface area contributed by atoms with Crippen LogP contribution in [0, 0.1) is 0 Å². The second kappa shape index (κ2) is 4.06. The number of benzene rings is 1. The minimum absolute atomic E-state index is 0.0524. The minimum Gasteiger partial charge on any atom is -0.496 e. The summed E-state index contributed by atoms with van der Waals surface area (Å²) in [4.78, 5) is 10.9. The first kappa shape index (κ1) is 10.8. The third kappa shape index (κ3) is 1.51. The average Bonchev–Trinajstić information content (AvgIpc) is 2.62. The highest BCUT2D eigenvalue weighted by Gasteiger charge is 2.17. The van der Waals surface area contributed by atoms with Crippen LogP contribution < -0.4 is 9.47 Å². The van der Waals surface area contributed by atoms with E-state index in [9.17, 15) is 4.79 Å². The molecule has 1 aromatic heterocycles. The van der Waals surface area contributed by atoms with Crippen molar-refractivity contribution in [3.8, 4) is 11.5 Å². The fourth-order valence-corrected chi connectivity index (χ4v) is 1.77. The third-order valence-electron chi connectivity index (χ3n) is 2.29. The molecule has 5 heteroatoms. The Hall–Kier alpha value is -1.68. The summed E-state index contributed by atoms with van der Waals surface area (Å²) in [5.74, 6) is 1.07. The van der Waals surface area contributed by atoms with Gasteiger partial charge in [0.2, 0.25) is 5.22 Å². The Kier molecular flexibility index (Phi) is 2.75. The summed E-state index contributed by atoms with van der Waals surface area (Å²) < 4.78 is 15.5. The maximum Gasteiger partial charge on any atom is 0.205 e. The summed E-state index contributed by atoms with van der Waals surface area (Å²) in [5.41, 5.74) is 0.750. The van der Waals surface area contributed by atoms with E-state index in [1.165, 1.54) is 14.2 Å². The standard InChI is InChI=1S/C11H9ClO4/c1-14-6-3-8(15-2)10-7(5-13)11(12)16-9(10)4-6/h3-5H,1-2H3.